The molecule has 1 aromatic heterocycles. The number of nitrogens with two attached hydrogens (primary N) is 1. The summed E-state index contributed by atoms with van der Waals surface area (Å²) in [6.07, 6.45) is 0. The predicted octanol–water partition coefficient (Wildman–Crippen LogP) is -1.46. The van der Waals surface area contributed by atoms with Crippen molar-refractivity contribution in [3.63, 3.8) is 0 Å². The fraction of sp³-hybridized carbons (Fsp3) is 0.200. The van der Waals surface area contributed by atoms with E-state index < -0.39 is 0 Å². The highest BCUT2D eigenvalue weighted by molar-refractivity contribution is 7.80. The van der Waals surface area contributed by atoms with Crippen molar-refractivity contribution in [2.75, 3.05) is 0 Å². The number of hydrogen-bond donors (Lipinski definition) is 5. The van der Waals surface area contributed by atoms with Crippen molar-refractivity contribution in [1.29, 1.82) is 0 Å². The van der Waals surface area contributed by atoms with Gasteiger partial charge in [0.05, 0.1) is 12.2 Å². The van der Waals surface area contributed by atoms with Crippen LogP contribution in [0.5, 0.6) is 0 Å². The van der Waals surface area contributed by atoms with E-state index in [-0.39, 0.29) is 5.56 Å². The van der Waals surface area contributed by atoms with E-state index in [0.29, 0.717) is 11.7 Å². The summed E-state index contributed by atoms with van der Waals surface area (Å²) in [5.74, 6) is 5.01. The first-order valence-electron chi connectivity index (χ1n) is 3.23. The van der Waals surface area contributed by atoms with Gasteiger partial charge in [0.25, 0.3) is 5.56 Å². The first kappa shape index (κ1) is 8.75. The molecule has 0 unspecified atom stereocenters. The molecule has 0 aliphatic carbocycles. The third-order valence-electron chi connectivity index (χ3n) is 1.22. The Morgan fingerprint density at radius 1 is 1.67 bits per heavy atom. The van der Waals surface area contributed by atoms with Crippen molar-refractivity contribution in [2.45, 2.75) is 6.54 Å². The van der Waals surface area contributed by atoms with E-state index in [4.69, 9.17) is 18.1 Å². The minimum atomic E-state index is -0.168. The molecule has 6 N–H and O–H groups in total. The zero-order chi connectivity index (χ0) is 8.97. The Kier molecular flexibility index (Phi) is 2.83. The second-order valence-corrected chi connectivity index (χ2v) is 2.52. The van der Waals surface area contributed by atoms with Gasteiger partial charge in [-0.25, -0.2) is 5.84 Å². The number of thiocarbonyl (C=S) groups is 1. The van der Waals surface area contributed by atoms with E-state index in [1.807, 2.05) is 0 Å². The average molecular weight is 187 g/mol. The number of H-pyrrole nitrogens is 2. The van der Waals surface area contributed by atoms with E-state index in [1.165, 1.54) is 6.07 Å². The van der Waals surface area contributed by atoms with Crippen LogP contribution in [0, 0.1) is 0 Å². The maximum Gasteiger partial charge on any atom is 0.264 e. The first-order chi connectivity index (χ1) is 5.72. The van der Waals surface area contributed by atoms with Crippen molar-refractivity contribution >= 4 is 17.3 Å². The molecule has 0 saturated heterocycles. The van der Waals surface area contributed by atoms with Crippen LogP contribution in [0.1, 0.15) is 5.69 Å². The molecule has 1 aromatic rings. The zero-order valence-electron chi connectivity index (χ0n) is 6.18. The summed E-state index contributed by atoms with van der Waals surface area (Å²) in [7, 11) is 0. The lowest BCUT2D eigenvalue weighted by molar-refractivity contribution is 0.829. The molecule has 0 radical (unpaired) electrons. The van der Waals surface area contributed by atoms with Crippen LogP contribution in [0.2, 0.25) is 0 Å². The average Bonchev–Trinajstić information content (AvgIpc) is 2.47. The SMILES string of the molecule is NNC(=S)NCc1cc(=O)[nH][nH]1. The summed E-state index contributed by atoms with van der Waals surface area (Å²) in [6.45, 7) is 0.432. The van der Waals surface area contributed by atoms with Crippen molar-refractivity contribution in [3.05, 3.63) is 22.1 Å². The molecule has 1 rings (SSSR count). The number of aromatic nitrogens is 2. The Morgan fingerprint density at radius 3 is 2.92 bits per heavy atom. The summed E-state index contributed by atoms with van der Waals surface area (Å²) in [6, 6.07) is 1.44. The Labute approximate surface area is 73.5 Å². The lowest BCUT2D eigenvalue weighted by Gasteiger charge is -2.03. The second-order valence-electron chi connectivity index (χ2n) is 2.11. The van der Waals surface area contributed by atoms with Crippen LogP contribution in [0.3, 0.4) is 0 Å². The van der Waals surface area contributed by atoms with Gasteiger partial charge in [0.15, 0.2) is 5.11 Å². The van der Waals surface area contributed by atoms with Gasteiger partial charge in [-0.05, 0) is 12.2 Å². The lowest BCUT2D eigenvalue weighted by Crippen LogP contribution is -2.39. The third-order valence-corrected chi connectivity index (χ3v) is 1.48. The summed E-state index contributed by atoms with van der Waals surface area (Å²) in [5, 5.41) is 8.15. The maximum atomic E-state index is 10.6. The van der Waals surface area contributed by atoms with Crippen LogP contribution >= 0.6 is 12.2 Å². The van der Waals surface area contributed by atoms with Crippen LogP contribution in [0.4, 0.5) is 0 Å². The van der Waals surface area contributed by atoms with Crippen molar-refractivity contribution in [2.24, 2.45) is 5.84 Å². The second kappa shape index (κ2) is 3.88. The van der Waals surface area contributed by atoms with Crippen LogP contribution in [-0.2, 0) is 6.54 Å². The third kappa shape index (κ3) is 2.36. The number of rotatable bonds is 2. The smallest absolute Gasteiger partial charge is 0.264 e. The van der Waals surface area contributed by atoms with Crippen LogP contribution in [0.25, 0.3) is 0 Å². The van der Waals surface area contributed by atoms with Gasteiger partial charge in [0, 0.05) is 6.07 Å². The molecule has 0 fully saturated rings. The molecule has 6 nitrogen and oxygen atoms in total. The molecule has 0 spiro atoms. The van der Waals surface area contributed by atoms with E-state index in [9.17, 15) is 4.79 Å². The molecule has 1 heterocycles. The summed E-state index contributed by atoms with van der Waals surface area (Å²) in [5.41, 5.74) is 2.81. The molecule has 0 atom stereocenters. The number of hydrazine groups is 1. The minimum absolute atomic E-state index is 0.168. The Bertz CT molecular complexity index is 316. The Hall–Kier alpha value is -1.34. The number of nitrogens with one attached hydrogen (secondary N) is 4. The van der Waals surface area contributed by atoms with E-state index >= 15 is 0 Å². The van der Waals surface area contributed by atoms with Gasteiger partial charge in [0.1, 0.15) is 0 Å². The fourth-order valence-corrected chi connectivity index (χ4v) is 0.766. The Morgan fingerprint density at radius 2 is 2.42 bits per heavy atom. The van der Waals surface area contributed by atoms with Gasteiger partial charge in [-0.1, -0.05) is 0 Å². The molecule has 0 aliphatic rings. The van der Waals surface area contributed by atoms with Crippen LogP contribution < -0.4 is 22.1 Å². The van der Waals surface area contributed by atoms with Crippen molar-refractivity contribution < 1.29 is 0 Å². The van der Waals surface area contributed by atoms with Crippen LogP contribution in [-0.4, -0.2) is 15.3 Å². The molecule has 12 heavy (non-hydrogen) atoms. The topological polar surface area (TPSA) is 98.7 Å². The van der Waals surface area contributed by atoms with E-state index in [2.05, 4.69) is 20.9 Å². The number of hydrogen-bond acceptors (Lipinski definition) is 3. The van der Waals surface area contributed by atoms with E-state index in [0.717, 1.165) is 5.69 Å². The highest BCUT2D eigenvalue weighted by atomic mass is 32.1. The molecule has 66 valence electrons. The molecule has 0 amide bonds. The Balaban J connectivity index is 2.43. The standard InChI is InChI=1S/C5H9N5OS/c6-8-5(12)7-2-3-1-4(11)10-9-3/h1H,2,6H2,(H2,7,8,12)(H2,9,10,11). The van der Waals surface area contributed by atoms with Gasteiger partial charge in [0.2, 0.25) is 0 Å². The lowest BCUT2D eigenvalue weighted by atomic mass is 10.4. The highest BCUT2D eigenvalue weighted by Crippen LogP contribution is 1.84. The predicted molar refractivity (Wildman–Crippen MR) is 48.2 cm³/mol. The van der Waals surface area contributed by atoms with Crippen molar-refractivity contribution in [3.8, 4) is 0 Å². The van der Waals surface area contributed by atoms with Gasteiger partial charge >= 0.3 is 0 Å². The highest BCUT2D eigenvalue weighted by Gasteiger charge is 1.96. The van der Waals surface area contributed by atoms with Gasteiger partial charge in [-0.15, -0.1) is 0 Å². The van der Waals surface area contributed by atoms with Crippen molar-refractivity contribution in [1.82, 2.24) is 20.9 Å². The zero-order valence-corrected chi connectivity index (χ0v) is 6.99. The molecule has 0 bridgehead atoms. The summed E-state index contributed by atoms with van der Waals surface area (Å²) >= 11 is 4.71. The minimum Gasteiger partial charge on any atom is -0.356 e. The monoisotopic (exact) mass is 187 g/mol. The molecular weight excluding hydrogens is 178 g/mol. The summed E-state index contributed by atoms with van der Waals surface area (Å²) in [4.78, 5) is 10.6. The normalized spacial score (nSPS) is 9.42. The first-order valence-corrected chi connectivity index (χ1v) is 3.64. The molecule has 0 aromatic carbocycles. The van der Waals surface area contributed by atoms with Crippen LogP contribution in [0.15, 0.2) is 10.9 Å². The van der Waals surface area contributed by atoms with Gasteiger partial charge < -0.3 is 15.8 Å². The quantitative estimate of drug-likeness (QED) is 0.221. The van der Waals surface area contributed by atoms with Gasteiger partial charge in [-0.2, -0.15) is 0 Å². The fourth-order valence-electron chi connectivity index (χ4n) is 0.694. The number of aromatic amines is 2. The van der Waals surface area contributed by atoms with Gasteiger partial charge in [-0.3, -0.25) is 9.89 Å². The maximum absolute atomic E-state index is 10.6. The molecule has 0 saturated carbocycles. The van der Waals surface area contributed by atoms with E-state index in [1.54, 1.807) is 0 Å². The molecular formula is C5H9N5OS. The molecule has 7 heteroatoms. The largest absolute Gasteiger partial charge is 0.356 e. The molecule has 0 aliphatic heterocycles. The summed E-state index contributed by atoms with van der Waals surface area (Å²) < 4.78 is 0.